The van der Waals surface area contributed by atoms with Crippen LogP contribution in [0.5, 0.6) is 5.75 Å². The molecule has 0 radical (unpaired) electrons. The van der Waals surface area contributed by atoms with Gasteiger partial charge in [-0.2, -0.15) is 0 Å². The summed E-state index contributed by atoms with van der Waals surface area (Å²) in [4.78, 5) is 22.3. The molecule has 1 N–H and O–H groups in total. The zero-order valence-corrected chi connectivity index (χ0v) is 13.8. The van der Waals surface area contributed by atoms with Crippen LogP contribution in [-0.2, 0) is 0 Å². The Balaban J connectivity index is 1.71. The molecule has 1 amide bonds. The molecule has 0 aliphatic heterocycles. The van der Waals surface area contributed by atoms with Crippen molar-refractivity contribution in [2.75, 3.05) is 12.4 Å². The number of nitrogens with one attached hydrogen (secondary N) is 1. The van der Waals surface area contributed by atoms with Crippen LogP contribution >= 0.6 is 11.3 Å². The summed E-state index contributed by atoms with van der Waals surface area (Å²) in [5.74, 6) is 0.326. The molecule has 126 valence electrons. The van der Waals surface area contributed by atoms with Crippen molar-refractivity contribution in [2.24, 2.45) is 0 Å². The van der Waals surface area contributed by atoms with Gasteiger partial charge in [0.1, 0.15) is 10.8 Å². The standard InChI is InChI=1S/C16H12N4O4S/c1-24-13-8-4-11(5-9-13)15-18-19-16(25-15)17-14(21)10-2-6-12(7-3-10)20(22)23/h2-9H,1H3,(H,17,19,21). The maximum Gasteiger partial charge on any atom is 0.269 e. The van der Waals surface area contributed by atoms with Crippen LogP contribution in [0.15, 0.2) is 48.5 Å². The Labute approximate surface area is 146 Å². The Morgan fingerprint density at radius 3 is 2.40 bits per heavy atom. The van der Waals surface area contributed by atoms with Crippen LogP contribution in [0.2, 0.25) is 0 Å². The summed E-state index contributed by atoms with van der Waals surface area (Å²) >= 11 is 1.23. The molecule has 0 atom stereocenters. The van der Waals surface area contributed by atoms with E-state index in [1.165, 1.54) is 35.6 Å². The fourth-order valence-corrected chi connectivity index (χ4v) is 2.77. The Kier molecular flexibility index (Phi) is 4.66. The Morgan fingerprint density at radius 2 is 1.80 bits per heavy atom. The van der Waals surface area contributed by atoms with E-state index in [4.69, 9.17) is 4.74 Å². The van der Waals surface area contributed by atoms with Crippen molar-refractivity contribution in [3.8, 4) is 16.3 Å². The summed E-state index contributed by atoms with van der Waals surface area (Å²) in [6.45, 7) is 0. The van der Waals surface area contributed by atoms with Gasteiger partial charge in [0, 0.05) is 23.3 Å². The monoisotopic (exact) mass is 356 g/mol. The highest BCUT2D eigenvalue weighted by Crippen LogP contribution is 2.28. The van der Waals surface area contributed by atoms with E-state index in [2.05, 4.69) is 15.5 Å². The van der Waals surface area contributed by atoms with Gasteiger partial charge >= 0.3 is 0 Å². The minimum absolute atomic E-state index is 0.0748. The highest BCUT2D eigenvalue weighted by molar-refractivity contribution is 7.18. The van der Waals surface area contributed by atoms with Crippen LogP contribution in [0.3, 0.4) is 0 Å². The number of hydrogen-bond acceptors (Lipinski definition) is 7. The van der Waals surface area contributed by atoms with Gasteiger partial charge in [-0.1, -0.05) is 11.3 Å². The van der Waals surface area contributed by atoms with Gasteiger partial charge in [-0.15, -0.1) is 10.2 Å². The maximum atomic E-state index is 12.2. The molecule has 9 heteroatoms. The lowest BCUT2D eigenvalue weighted by molar-refractivity contribution is -0.384. The molecule has 0 fully saturated rings. The third-order valence-electron chi connectivity index (χ3n) is 3.32. The summed E-state index contributed by atoms with van der Waals surface area (Å²) in [5, 5.41) is 22.3. The van der Waals surface area contributed by atoms with Crippen molar-refractivity contribution in [1.29, 1.82) is 0 Å². The van der Waals surface area contributed by atoms with Crippen molar-refractivity contribution >= 4 is 28.1 Å². The first kappa shape index (κ1) is 16.5. The molecule has 0 unspecified atom stereocenters. The minimum Gasteiger partial charge on any atom is -0.497 e. The summed E-state index contributed by atoms with van der Waals surface area (Å²) < 4.78 is 5.10. The second-order valence-corrected chi connectivity index (χ2v) is 5.88. The van der Waals surface area contributed by atoms with E-state index < -0.39 is 10.8 Å². The topological polar surface area (TPSA) is 107 Å². The first-order valence-electron chi connectivity index (χ1n) is 7.10. The molecule has 0 aliphatic carbocycles. The number of anilines is 1. The average Bonchev–Trinajstić information content (AvgIpc) is 3.10. The van der Waals surface area contributed by atoms with Gasteiger partial charge in [0.05, 0.1) is 12.0 Å². The second kappa shape index (κ2) is 7.05. The molecule has 0 saturated heterocycles. The largest absolute Gasteiger partial charge is 0.497 e. The number of hydrogen-bond donors (Lipinski definition) is 1. The zero-order chi connectivity index (χ0) is 17.8. The van der Waals surface area contributed by atoms with Crippen molar-refractivity contribution < 1.29 is 14.5 Å². The predicted octanol–water partition coefficient (Wildman–Crippen LogP) is 3.37. The highest BCUT2D eigenvalue weighted by atomic mass is 32.1. The number of non-ortho nitro benzene ring substituents is 1. The fourth-order valence-electron chi connectivity index (χ4n) is 2.03. The minimum atomic E-state index is -0.520. The normalized spacial score (nSPS) is 10.3. The SMILES string of the molecule is COc1ccc(-c2nnc(NC(=O)c3ccc([N+](=O)[O-])cc3)s2)cc1. The van der Waals surface area contributed by atoms with Crippen LogP contribution in [-0.4, -0.2) is 28.1 Å². The second-order valence-electron chi connectivity index (χ2n) is 4.90. The summed E-state index contributed by atoms with van der Waals surface area (Å²) in [5.41, 5.74) is 1.08. The molecule has 2 aromatic carbocycles. The molecular weight excluding hydrogens is 344 g/mol. The van der Waals surface area contributed by atoms with E-state index in [1.54, 1.807) is 7.11 Å². The van der Waals surface area contributed by atoms with E-state index >= 15 is 0 Å². The van der Waals surface area contributed by atoms with Crippen molar-refractivity contribution in [3.05, 3.63) is 64.2 Å². The number of amides is 1. The first-order valence-corrected chi connectivity index (χ1v) is 7.92. The number of nitrogens with zero attached hydrogens (tertiary/aromatic N) is 3. The third-order valence-corrected chi connectivity index (χ3v) is 4.21. The summed E-state index contributed by atoms with van der Waals surface area (Å²) in [6.07, 6.45) is 0. The summed E-state index contributed by atoms with van der Waals surface area (Å²) in [6, 6.07) is 12.6. The van der Waals surface area contributed by atoms with Crippen LogP contribution in [0.4, 0.5) is 10.8 Å². The van der Waals surface area contributed by atoms with Crippen molar-refractivity contribution in [1.82, 2.24) is 10.2 Å². The number of nitro groups is 1. The number of carbonyl (C=O) groups is 1. The number of ether oxygens (including phenoxy) is 1. The lowest BCUT2D eigenvalue weighted by atomic mass is 10.2. The van der Waals surface area contributed by atoms with E-state index in [9.17, 15) is 14.9 Å². The molecule has 3 aromatic rings. The van der Waals surface area contributed by atoms with Gasteiger partial charge in [-0.3, -0.25) is 20.2 Å². The van der Waals surface area contributed by atoms with Gasteiger partial charge in [-0.25, -0.2) is 0 Å². The molecule has 1 aromatic heterocycles. The van der Waals surface area contributed by atoms with E-state index in [1.807, 2.05) is 24.3 Å². The maximum absolute atomic E-state index is 12.2. The number of rotatable bonds is 5. The van der Waals surface area contributed by atoms with Crippen LogP contribution < -0.4 is 10.1 Å². The van der Waals surface area contributed by atoms with Crippen molar-refractivity contribution in [3.63, 3.8) is 0 Å². The Morgan fingerprint density at radius 1 is 1.12 bits per heavy atom. The number of aromatic nitrogens is 2. The third kappa shape index (κ3) is 3.78. The smallest absolute Gasteiger partial charge is 0.269 e. The van der Waals surface area contributed by atoms with Crippen LogP contribution in [0.1, 0.15) is 10.4 Å². The Bertz CT molecular complexity index is 907. The number of methoxy groups -OCH3 is 1. The van der Waals surface area contributed by atoms with E-state index in [-0.39, 0.29) is 5.69 Å². The molecule has 0 saturated carbocycles. The molecule has 25 heavy (non-hydrogen) atoms. The number of benzene rings is 2. The van der Waals surface area contributed by atoms with Crippen LogP contribution in [0, 0.1) is 10.1 Å². The lowest BCUT2D eigenvalue weighted by Crippen LogP contribution is -2.11. The molecule has 8 nitrogen and oxygen atoms in total. The van der Waals surface area contributed by atoms with Gasteiger partial charge in [0.2, 0.25) is 5.13 Å². The number of carbonyl (C=O) groups excluding carboxylic acids is 1. The van der Waals surface area contributed by atoms with E-state index in [0.717, 1.165) is 11.3 Å². The van der Waals surface area contributed by atoms with Gasteiger partial charge in [0.15, 0.2) is 0 Å². The Hall–Kier alpha value is -3.33. The lowest BCUT2D eigenvalue weighted by Gasteiger charge is -2.01. The summed E-state index contributed by atoms with van der Waals surface area (Å²) in [7, 11) is 1.59. The molecule has 3 rings (SSSR count). The van der Waals surface area contributed by atoms with Crippen molar-refractivity contribution in [2.45, 2.75) is 0 Å². The zero-order valence-electron chi connectivity index (χ0n) is 13.0. The van der Waals surface area contributed by atoms with Crippen LogP contribution in [0.25, 0.3) is 10.6 Å². The van der Waals surface area contributed by atoms with E-state index in [0.29, 0.717) is 15.7 Å². The molecule has 0 spiro atoms. The molecule has 1 heterocycles. The quantitative estimate of drug-likeness (QED) is 0.555. The average molecular weight is 356 g/mol. The first-order chi connectivity index (χ1) is 12.1. The molecule has 0 aliphatic rings. The molecule has 0 bridgehead atoms. The predicted molar refractivity (Wildman–Crippen MR) is 92.9 cm³/mol. The molecular formula is C16H12N4O4S. The van der Waals surface area contributed by atoms with Gasteiger partial charge in [-0.05, 0) is 36.4 Å². The van der Waals surface area contributed by atoms with Gasteiger partial charge in [0.25, 0.3) is 11.6 Å². The number of nitro benzene ring substituents is 1. The van der Waals surface area contributed by atoms with Gasteiger partial charge < -0.3 is 4.74 Å². The fraction of sp³-hybridized carbons (Fsp3) is 0.0625. The highest BCUT2D eigenvalue weighted by Gasteiger charge is 2.13.